The Hall–Kier alpha value is -1.32. The number of fused-ring (bicyclic) bond motifs is 1. The summed E-state index contributed by atoms with van der Waals surface area (Å²) < 4.78 is 26.9. The molecular formula is C10H4BrClF2N4OS. The predicted molar refractivity (Wildman–Crippen MR) is 75.0 cm³/mol. The fraction of sp³-hybridized carbons (Fsp3) is 0.100. The van der Waals surface area contributed by atoms with Gasteiger partial charge in [-0.3, -0.25) is 0 Å². The van der Waals surface area contributed by atoms with Gasteiger partial charge in [-0.1, -0.05) is 38.9 Å². The van der Waals surface area contributed by atoms with E-state index in [0.29, 0.717) is 31.9 Å². The standard InChI is InChI=1S/C10H4BrClF2N4OS/c11-3-1-4(12)6-5(2-3)18(9(19)15-6)10-17-16-8(20-10)7(13)14/h1-2,7H,(H,15,19). The second-order valence-electron chi connectivity index (χ2n) is 3.77. The number of aromatic nitrogens is 4. The Balaban J connectivity index is 2.30. The van der Waals surface area contributed by atoms with Crippen molar-refractivity contribution in [1.82, 2.24) is 19.7 Å². The van der Waals surface area contributed by atoms with Crippen molar-refractivity contribution in [2.24, 2.45) is 0 Å². The van der Waals surface area contributed by atoms with Gasteiger partial charge in [0.1, 0.15) is 0 Å². The molecule has 0 unspecified atom stereocenters. The van der Waals surface area contributed by atoms with Crippen LogP contribution >= 0.6 is 38.9 Å². The van der Waals surface area contributed by atoms with Crippen LogP contribution in [0.3, 0.4) is 0 Å². The minimum Gasteiger partial charge on any atom is -0.304 e. The highest BCUT2D eigenvalue weighted by molar-refractivity contribution is 9.10. The highest BCUT2D eigenvalue weighted by Gasteiger charge is 2.19. The van der Waals surface area contributed by atoms with E-state index in [-0.39, 0.29) is 5.13 Å². The number of H-pyrrole nitrogens is 1. The van der Waals surface area contributed by atoms with Crippen LogP contribution < -0.4 is 5.69 Å². The van der Waals surface area contributed by atoms with Crippen molar-refractivity contribution in [1.29, 1.82) is 0 Å². The molecule has 0 aliphatic rings. The zero-order valence-electron chi connectivity index (χ0n) is 9.40. The van der Waals surface area contributed by atoms with E-state index in [1.54, 1.807) is 12.1 Å². The van der Waals surface area contributed by atoms with Crippen LogP contribution in [-0.4, -0.2) is 19.7 Å². The third kappa shape index (κ3) is 2.15. The number of alkyl halides is 2. The number of hydrogen-bond donors (Lipinski definition) is 1. The van der Waals surface area contributed by atoms with Crippen LogP contribution in [0.4, 0.5) is 8.78 Å². The smallest absolute Gasteiger partial charge is 0.304 e. The molecule has 0 aliphatic carbocycles. The first-order chi connectivity index (χ1) is 9.47. The summed E-state index contributed by atoms with van der Waals surface area (Å²) in [4.78, 5) is 14.5. The molecule has 5 nitrogen and oxygen atoms in total. The second-order valence-corrected chi connectivity index (χ2v) is 6.08. The normalized spacial score (nSPS) is 11.7. The topological polar surface area (TPSA) is 63.6 Å². The summed E-state index contributed by atoms with van der Waals surface area (Å²) in [5.41, 5.74) is 0.331. The van der Waals surface area contributed by atoms with Crippen LogP contribution in [0, 0.1) is 0 Å². The Morgan fingerprint density at radius 2 is 2.15 bits per heavy atom. The van der Waals surface area contributed by atoms with Crippen molar-refractivity contribution in [3.8, 4) is 5.13 Å². The minimum absolute atomic E-state index is 0.0608. The van der Waals surface area contributed by atoms with Gasteiger partial charge in [-0.2, -0.15) is 0 Å². The molecule has 0 saturated heterocycles. The van der Waals surface area contributed by atoms with E-state index in [1.807, 2.05) is 0 Å². The average molecular weight is 382 g/mol. The largest absolute Gasteiger partial charge is 0.333 e. The maximum atomic E-state index is 12.5. The molecule has 0 aliphatic heterocycles. The number of nitrogens with zero attached hydrogens (tertiary/aromatic N) is 3. The van der Waals surface area contributed by atoms with Crippen LogP contribution in [0.2, 0.25) is 5.02 Å². The molecule has 3 rings (SSSR count). The molecule has 0 amide bonds. The van der Waals surface area contributed by atoms with E-state index in [4.69, 9.17) is 11.6 Å². The van der Waals surface area contributed by atoms with Gasteiger partial charge < -0.3 is 4.98 Å². The lowest BCUT2D eigenvalue weighted by molar-refractivity contribution is 0.150. The molecule has 1 N–H and O–H groups in total. The molecule has 3 aromatic rings. The summed E-state index contributed by atoms with van der Waals surface area (Å²) in [5, 5.41) is 6.94. The average Bonchev–Trinajstić information content (AvgIpc) is 2.93. The number of aromatic amines is 1. The van der Waals surface area contributed by atoms with Crippen molar-refractivity contribution in [3.63, 3.8) is 0 Å². The molecule has 20 heavy (non-hydrogen) atoms. The van der Waals surface area contributed by atoms with E-state index in [2.05, 4.69) is 31.1 Å². The van der Waals surface area contributed by atoms with Crippen LogP contribution in [0.15, 0.2) is 21.4 Å². The van der Waals surface area contributed by atoms with Gasteiger partial charge in [-0.25, -0.2) is 18.1 Å². The number of benzene rings is 1. The maximum absolute atomic E-state index is 12.5. The van der Waals surface area contributed by atoms with Crippen LogP contribution in [0.1, 0.15) is 11.4 Å². The number of hydrogen-bond acceptors (Lipinski definition) is 4. The molecule has 0 spiro atoms. The molecular weight excluding hydrogens is 378 g/mol. The van der Waals surface area contributed by atoms with E-state index in [9.17, 15) is 13.6 Å². The second kappa shape index (κ2) is 4.90. The Kier molecular flexibility index (Phi) is 3.35. The molecule has 0 radical (unpaired) electrons. The summed E-state index contributed by atoms with van der Waals surface area (Å²) in [6.07, 6.45) is -2.72. The Morgan fingerprint density at radius 3 is 2.80 bits per heavy atom. The Bertz CT molecular complexity index is 859. The summed E-state index contributed by atoms with van der Waals surface area (Å²) in [6.45, 7) is 0. The van der Waals surface area contributed by atoms with Crippen molar-refractivity contribution < 1.29 is 8.78 Å². The quantitative estimate of drug-likeness (QED) is 0.739. The minimum atomic E-state index is -2.72. The van der Waals surface area contributed by atoms with E-state index in [1.165, 1.54) is 0 Å². The van der Waals surface area contributed by atoms with E-state index in [0.717, 1.165) is 4.57 Å². The summed E-state index contributed by atoms with van der Waals surface area (Å²) in [7, 11) is 0. The fourth-order valence-electron chi connectivity index (χ4n) is 1.73. The fourth-order valence-corrected chi connectivity index (χ4v) is 3.28. The van der Waals surface area contributed by atoms with Gasteiger partial charge in [0.2, 0.25) is 5.13 Å². The molecule has 0 atom stereocenters. The first-order valence-corrected chi connectivity index (χ1v) is 7.18. The van der Waals surface area contributed by atoms with Gasteiger partial charge in [0.15, 0.2) is 5.01 Å². The molecule has 0 fully saturated rings. The third-order valence-electron chi connectivity index (χ3n) is 2.52. The van der Waals surface area contributed by atoms with E-state index >= 15 is 0 Å². The highest BCUT2D eigenvalue weighted by Crippen LogP contribution is 2.29. The summed E-state index contributed by atoms with van der Waals surface area (Å²) in [5.74, 6) is 0. The lowest BCUT2D eigenvalue weighted by Gasteiger charge is -1.99. The number of halogens is 4. The Labute approximate surface area is 127 Å². The van der Waals surface area contributed by atoms with Crippen molar-refractivity contribution in [3.05, 3.63) is 37.1 Å². The number of rotatable bonds is 2. The zero-order chi connectivity index (χ0) is 14.4. The lowest BCUT2D eigenvalue weighted by Crippen LogP contribution is -2.14. The number of nitrogens with one attached hydrogen (secondary N) is 1. The molecule has 2 heterocycles. The van der Waals surface area contributed by atoms with Crippen LogP contribution in [0.5, 0.6) is 0 Å². The first-order valence-electron chi connectivity index (χ1n) is 5.19. The zero-order valence-corrected chi connectivity index (χ0v) is 12.6. The molecule has 0 saturated carbocycles. The van der Waals surface area contributed by atoms with Crippen LogP contribution in [0.25, 0.3) is 16.2 Å². The van der Waals surface area contributed by atoms with Crippen molar-refractivity contribution in [2.45, 2.75) is 6.43 Å². The molecule has 2 aromatic heterocycles. The molecule has 10 heteroatoms. The summed E-state index contributed by atoms with van der Waals surface area (Å²) >= 11 is 9.94. The van der Waals surface area contributed by atoms with Gasteiger partial charge in [0.05, 0.1) is 16.1 Å². The van der Waals surface area contributed by atoms with Crippen molar-refractivity contribution >= 4 is 49.9 Å². The Morgan fingerprint density at radius 1 is 1.40 bits per heavy atom. The van der Waals surface area contributed by atoms with Gasteiger partial charge in [-0.15, -0.1) is 10.2 Å². The third-order valence-corrected chi connectivity index (χ3v) is 4.19. The van der Waals surface area contributed by atoms with Gasteiger partial charge in [-0.05, 0) is 12.1 Å². The summed E-state index contributed by atoms with van der Waals surface area (Å²) in [6, 6.07) is 3.26. The van der Waals surface area contributed by atoms with E-state index < -0.39 is 17.1 Å². The predicted octanol–water partition coefficient (Wildman–Crippen LogP) is 3.52. The maximum Gasteiger partial charge on any atom is 0.333 e. The molecule has 0 bridgehead atoms. The molecule has 104 valence electrons. The van der Waals surface area contributed by atoms with Crippen molar-refractivity contribution in [2.75, 3.05) is 0 Å². The monoisotopic (exact) mass is 380 g/mol. The van der Waals surface area contributed by atoms with Gasteiger partial charge in [0.25, 0.3) is 6.43 Å². The van der Waals surface area contributed by atoms with Gasteiger partial charge in [0, 0.05) is 4.47 Å². The lowest BCUT2D eigenvalue weighted by atomic mass is 10.3. The highest BCUT2D eigenvalue weighted by atomic mass is 79.9. The molecule has 1 aromatic carbocycles. The van der Waals surface area contributed by atoms with Gasteiger partial charge >= 0.3 is 5.69 Å². The number of imidazole rings is 1. The van der Waals surface area contributed by atoms with Crippen LogP contribution in [-0.2, 0) is 0 Å². The SMILES string of the molecule is O=c1[nH]c2c(Cl)cc(Br)cc2n1-c1nnc(C(F)F)s1. The first kappa shape index (κ1) is 13.7.